The summed E-state index contributed by atoms with van der Waals surface area (Å²) in [5.74, 6) is -0.00614. The lowest BCUT2D eigenvalue weighted by Gasteiger charge is -2.30. The van der Waals surface area contributed by atoms with Crippen molar-refractivity contribution in [2.75, 3.05) is 44.4 Å². The van der Waals surface area contributed by atoms with Gasteiger partial charge in [-0.05, 0) is 52.2 Å². The number of benzene rings is 1. The number of para-hydroxylation sites is 2. The van der Waals surface area contributed by atoms with Gasteiger partial charge in [-0.2, -0.15) is 0 Å². The highest BCUT2D eigenvalue weighted by molar-refractivity contribution is 5.95. The highest BCUT2D eigenvalue weighted by atomic mass is 35.5. The van der Waals surface area contributed by atoms with Crippen LogP contribution in [-0.2, 0) is 4.79 Å². The number of hydrogen-bond donors (Lipinski definition) is 3. The van der Waals surface area contributed by atoms with Crippen molar-refractivity contribution in [2.45, 2.75) is 25.8 Å². The monoisotopic (exact) mass is 376 g/mol. The van der Waals surface area contributed by atoms with Gasteiger partial charge in [-0.15, -0.1) is 24.8 Å². The van der Waals surface area contributed by atoms with Crippen molar-refractivity contribution in [3.63, 3.8) is 0 Å². The largest absolute Gasteiger partial charge is 0.381 e. The zero-order valence-electron chi connectivity index (χ0n) is 14.7. The van der Waals surface area contributed by atoms with E-state index in [9.17, 15) is 4.79 Å². The highest BCUT2D eigenvalue weighted by Crippen LogP contribution is 2.24. The molecule has 1 unspecified atom stereocenters. The van der Waals surface area contributed by atoms with Crippen molar-refractivity contribution in [3.8, 4) is 0 Å². The molecule has 7 heteroatoms. The van der Waals surface area contributed by atoms with Gasteiger partial charge in [-0.25, -0.2) is 0 Å². The highest BCUT2D eigenvalue weighted by Gasteiger charge is 2.18. The van der Waals surface area contributed by atoms with E-state index in [-0.39, 0.29) is 36.6 Å². The molecule has 24 heavy (non-hydrogen) atoms. The van der Waals surface area contributed by atoms with Crippen LogP contribution in [-0.4, -0.2) is 50.6 Å². The number of rotatable bonds is 6. The van der Waals surface area contributed by atoms with Gasteiger partial charge in [0.25, 0.3) is 0 Å². The van der Waals surface area contributed by atoms with Crippen LogP contribution >= 0.6 is 24.8 Å². The summed E-state index contributed by atoms with van der Waals surface area (Å²) in [6.45, 7) is 4.84. The molecule has 0 saturated carbocycles. The van der Waals surface area contributed by atoms with Gasteiger partial charge in [0.05, 0.1) is 11.4 Å². The Labute approximate surface area is 157 Å². The molecule has 1 aromatic rings. The Kier molecular flexibility index (Phi) is 11.0. The van der Waals surface area contributed by atoms with Crippen molar-refractivity contribution >= 4 is 42.1 Å². The molecule has 2 rings (SSSR count). The zero-order chi connectivity index (χ0) is 15.9. The van der Waals surface area contributed by atoms with Crippen LogP contribution in [0.4, 0.5) is 11.4 Å². The Bertz CT molecular complexity index is 493. The third-order valence-electron chi connectivity index (χ3n) is 4.22. The summed E-state index contributed by atoms with van der Waals surface area (Å²) in [4.78, 5) is 14.6. The molecular weight excluding hydrogens is 347 g/mol. The van der Waals surface area contributed by atoms with E-state index in [2.05, 4.69) is 27.9 Å². The number of likely N-dealkylation sites (tertiary alicyclic amines) is 1. The number of anilines is 2. The van der Waals surface area contributed by atoms with Gasteiger partial charge in [0.15, 0.2) is 0 Å². The summed E-state index contributed by atoms with van der Waals surface area (Å²) in [6.07, 6.45) is 2.27. The first-order valence-corrected chi connectivity index (χ1v) is 8.09. The fourth-order valence-corrected chi connectivity index (χ4v) is 2.75. The quantitative estimate of drug-likeness (QED) is 0.714. The van der Waals surface area contributed by atoms with Crippen LogP contribution in [0.2, 0.25) is 0 Å². The first-order valence-electron chi connectivity index (χ1n) is 8.09. The second kappa shape index (κ2) is 11.5. The first-order chi connectivity index (χ1) is 10.6. The van der Waals surface area contributed by atoms with E-state index in [0.717, 1.165) is 37.3 Å². The van der Waals surface area contributed by atoms with Crippen LogP contribution < -0.4 is 16.0 Å². The minimum atomic E-state index is -0.0543. The lowest BCUT2D eigenvalue weighted by Crippen LogP contribution is -2.37. The molecule has 5 nitrogen and oxygen atoms in total. The van der Waals surface area contributed by atoms with Crippen LogP contribution in [0.25, 0.3) is 0 Å². The van der Waals surface area contributed by atoms with Gasteiger partial charge in [-0.1, -0.05) is 19.1 Å². The van der Waals surface area contributed by atoms with Crippen LogP contribution in [0, 0.1) is 5.92 Å². The van der Waals surface area contributed by atoms with Crippen molar-refractivity contribution in [1.29, 1.82) is 0 Å². The number of hydrogen-bond acceptors (Lipinski definition) is 4. The predicted molar refractivity (Wildman–Crippen MR) is 107 cm³/mol. The Balaban J connectivity index is 0.00000264. The summed E-state index contributed by atoms with van der Waals surface area (Å²) in [7, 11) is 4.02. The third kappa shape index (κ3) is 6.85. The summed E-state index contributed by atoms with van der Waals surface area (Å²) < 4.78 is 0. The molecular formula is C17H30Cl2N4O. The van der Waals surface area contributed by atoms with E-state index in [0.29, 0.717) is 12.6 Å². The van der Waals surface area contributed by atoms with Crippen molar-refractivity contribution in [1.82, 2.24) is 10.2 Å². The molecule has 1 aliphatic heterocycles. The van der Waals surface area contributed by atoms with Crippen LogP contribution in [0.3, 0.4) is 0 Å². The fraction of sp³-hybridized carbons (Fsp3) is 0.588. The normalized spacial score (nSPS) is 16.5. The molecule has 0 spiro atoms. The number of carbonyl (C=O) groups is 1. The average Bonchev–Trinajstić information content (AvgIpc) is 2.51. The molecule has 0 radical (unpaired) electrons. The number of amides is 1. The van der Waals surface area contributed by atoms with Gasteiger partial charge in [0.2, 0.25) is 5.91 Å². The first kappa shape index (κ1) is 23.0. The molecule has 138 valence electrons. The van der Waals surface area contributed by atoms with Crippen molar-refractivity contribution in [3.05, 3.63) is 24.3 Å². The Hall–Kier alpha value is -1.01. The van der Waals surface area contributed by atoms with E-state index in [1.165, 1.54) is 0 Å². The van der Waals surface area contributed by atoms with Crippen molar-refractivity contribution in [2.24, 2.45) is 5.92 Å². The topological polar surface area (TPSA) is 56.4 Å². The van der Waals surface area contributed by atoms with Gasteiger partial charge in [-0.3, -0.25) is 4.79 Å². The van der Waals surface area contributed by atoms with E-state index in [1.54, 1.807) is 0 Å². The predicted octanol–water partition coefficient (Wildman–Crippen LogP) is 2.83. The molecule has 3 N–H and O–H groups in total. The third-order valence-corrected chi connectivity index (χ3v) is 4.22. The minimum absolute atomic E-state index is 0. The van der Waals surface area contributed by atoms with Gasteiger partial charge < -0.3 is 20.9 Å². The standard InChI is InChI=1S/C17H28N4O.2ClH/c1-13(12-18-2)17(22)20-16-7-5-4-6-15(16)19-14-8-10-21(3)11-9-14;;/h4-7,13-14,18-19H,8-12H2,1-3H3,(H,20,22);2*1H. The van der Waals surface area contributed by atoms with E-state index in [4.69, 9.17) is 0 Å². The Morgan fingerprint density at radius 3 is 2.38 bits per heavy atom. The summed E-state index contributed by atoms with van der Waals surface area (Å²) in [5.41, 5.74) is 1.89. The van der Waals surface area contributed by atoms with E-state index >= 15 is 0 Å². The maximum Gasteiger partial charge on any atom is 0.228 e. The molecule has 1 heterocycles. The molecule has 1 aliphatic rings. The molecule has 0 bridgehead atoms. The van der Waals surface area contributed by atoms with Gasteiger partial charge >= 0.3 is 0 Å². The second-order valence-electron chi connectivity index (χ2n) is 6.22. The maximum absolute atomic E-state index is 12.2. The van der Waals surface area contributed by atoms with Gasteiger partial charge in [0, 0.05) is 18.5 Å². The second-order valence-corrected chi connectivity index (χ2v) is 6.22. The van der Waals surface area contributed by atoms with Gasteiger partial charge in [0.1, 0.15) is 0 Å². The van der Waals surface area contributed by atoms with E-state index in [1.807, 2.05) is 38.2 Å². The van der Waals surface area contributed by atoms with Crippen molar-refractivity contribution < 1.29 is 4.79 Å². The Morgan fingerprint density at radius 2 is 1.79 bits per heavy atom. The number of carbonyl (C=O) groups excluding carboxylic acids is 1. The molecule has 0 aromatic heterocycles. The smallest absolute Gasteiger partial charge is 0.228 e. The number of nitrogens with one attached hydrogen (secondary N) is 3. The van der Waals surface area contributed by atoms with Crippen LogP contribution in [0.1, 0.15) is 19.8 Å². The zero-order valence-corrected chi connectivity index (χ0v) is 16.3. The number of nitrogens with zero attached hydrogens (tertiary/aromatic N) is 1. The number of piperidine rings is 1. The molecule has 1 saturated heterocycles. The average molecular weight is 377 g/mol. The minimum Gasteiger partial charge on any atom is -0.381 e. The SMILES string of the molecule is CNCC(C)C(=O)Nc1ccccc1NC1CCN(C)CC1.Cl.Cl. The molecule has 1 atom stereocenters. The summed E-state index contributed by atoms with van der Waals surface area (Å²) >= 11 is 0. The lowest BCUT2D eigenvalue weighted by atomic mass is 10.0. The molecule has 0 aliphatic carbocycles. The summed E-state index contributed by atoms with van der Waals surface area (Å²) in [5, 5.41) is 9.67. The lowest BCUT2D eigenvalue weighted by molar-refractivity contribution is -0.119. The molecule has 1 fully saturated rings. The van der Waals surface area contributed by atoms with E-state index < -0.39 is 0 Å². The molecule has 1 amide bonds. The van der Waals surface area contributed by atoms with Crippen LogP contribution in [0.15, 0.2) is 24.3 Å². The Morgan fingerprint density at radius 1 is 1.21 bits per heavy atom. The maximum atomic E-state index is 12.2. The summed E-state index contributed by atoms with van der Waals surface area (Å²) in [6, 6.07) is 8.43. The molecule has 1 aromatic carbocycles. The van der Waals surface area contributed by atoms with Crippen LogP contribution in [0.5, 0.6) is 0 Å². The number of halogens is 2. The fourth-order valence-electron chi connectivity index (χ4n) is 2.75.